The molecule has 0 spiro atoms. The molecule has 0 bridgehead atoms. The number of methoxy groups -OCH3 is 2. The van der Waals surface area contributed by atoms with Gasteiger partial charge in [-0.25, -0.2) is 0 Å². The van der Waals surface area contributed by atoms with E-state index < -0.39 is 0 Å². The highest BCUT2D eigenvalue weighted by Crippen LogP contribution is 2.52. The summed E-state index contributed by atoms with van der Waals surface area (Å²) in [5.74, 6) is 1.78. The first-order chi connectivity index (χ1) is 11.8. The summed E-state index contributed by atoms with van der Waals surface area (Å²) in [5.41, 5.74) is 5.14. The summed E-state index contributed by atoms with van der Waals surface area (Å²) in [6.07, 6.45) is 0. The minimum absolute atomic E-state index is 0.270. The minimum atomic E-state index is 0.270. The molecule has 3 aromatic carbocycles. The molecule has 1 atom stereocenters. The van der Waals surface area contributed by atoms with Gasteiger partial charge in [-0.05, 0) is 52.6 Å². The van der Waals surface area contributed by atoms with Crippen LogP contribution in [-0.2, 0) is 0 Å². The summed E-state index contributed by atoms with van der Waals surface area (Å²) < 4.78 is 10.7. The Morgan fingerprint density at radius 2 is 1.46 bits per heavy atom. The van der Waals surface area contributed by atoms with Gasteiger partial charge in [-0.2, -0.15) is 0 Å². The Balaban J connectivity index is 1.86. The molecular formula is C21H18O2S. The Kier molecular flexibility index (Phi) is 3.95. The third kappa shape index (κ3) is 2.55. The van der Waals surface area contributed by atoms with E-state index in [1.165, 1.54) is 27.1 Å². The standard InChI is InChI=1S/C21H18O2S/c1-22-15-9-7-14(8-10-15)21-18-12-11-16(23-2)13-19(18)17-5-3-4-6-20(17)24-21/h3-13,21H,1-2H3. The second-order valence-electron chi connectivity index (χ2n) is 5.72. The second-order valence-corrected chi connectivity index (χ2v) is 6.87. The van der Waals surface area contributed by atoms with Crippen LogP contribution in [0.5, 0.6) is 11.5 Å². The van der Waals surface area contributed by atoms with Crippen LogP contribution in [0.25, 0.3) is 11.1 Å². The molecule has 0 aromatic heterocycles. The van der Waals surface area contributed by atoms with Gasteiger partial charge >= 0.3 is 0 Å². The van der Waals surface area contributed by atoms with Crippen molar-refractivity contribution in [3.05, 3.63) is 77.9 Å². The molecule has 1 unspecified atom stereocenters. The van der Waals surface area contributed by atoms with E-state index in [0.717, 1.165) is 11.5 Å². The van der Waals surface area contributed by atoms with E-state index in [0.29, 0.717) is 0 Å². The summed E-state index contributed by atoms with van der Waals surface area (Å²) in [7, 11) is 3.41. The van der Waals surface area contributed by atoms with Gasteiger partial charge in [0.05, 0.1) is 19.5 Å². The summed E-state index contributed by atoms with van der Waals surface area (Å²) in [5, 5.41) is 0.270. The highest BCUT2D eigenvalue weighted by molar-refractivity contribution is 8.00. The molecule has 0 amide bonds. The SMILES string of the molecule is COc1ccc(C2Sc3ccccc3-c3cc(OC)ccc32)cc1. The van der Waals surface area contributed by atoms with E-state index in [1.54, 1.807) is 14.2 Å². The monoisotopic (exact) mass is 334 g/mol. The first kappa shape index (κ1) is 15.2. The number of thioether (sulfide) groups is 1. The van der Waals surface area contributed by atoms with Crippen LogP contribution in [0.1, 0.15) is 16.4 Å². The Labute approximate surface area is 146 Å². The van der Waals surface area contributed by atoms with Crippen molar-refractivity contribution in [3.63, 3.8) is 0 Å². The molecule has 0 saturated heterocycles. The average Bonchev–Trinajstić information content (AvgIpc) is 2.67. The van der Waals surface area contributed by atoms with Crippen LogP contribution < -0.4 is 9.47 Å². The predicted octanol–water partition coefficient (Wildman–Crippen LogP) is 5.57. The van der Waals surface area contributed by atoms with E-state index in [4.69, 9.17) is 9.47 Å². The van der Waals surface area contributed by atoms with Crippen LogP contribution >= 0.6 is 11.8 Å². The number of benzene rings is 3. The zero-order valence-corrected chi connectivity index (χ0v) is 14.5. The van der Waals surface area contributed by atoms with Crippen LogP contribution in [0.3, 0.4) is 0 Å². The molecule has 0 N–H and O–H groups in total. The number of rotatable bonds is 3. The lowest BCUT2D eigenvalue weighted by Crippen LogP contribution is -2.05. The number of hydrogen-bond acceptors (Lipinski definition) is 3. The van der Waals surface area contributed by atoms with Gasteiger partial charge in [0.25, 0.3) is 0 Å². The van der Waals surface area contributed by atoms with E-state index >= 15 is 0 Å². The Hall–Kier alpha value is -2.39. The summed E-state index contributed by atoms with van der Waals surface area (Å²) in [6, 6.07) is 23.3. The number of hydrogen-bond donors (Lipinski definition) is 0. The molecular weight excluding hydrogens is 316 g/mol. The maximum atomic E-state index is 5.44. The molecule has 24 heavy (non-hydrogen) atoms. The van der Waals surface area contributed by atoms with Gasteiger partial charge < -0.3 is 9.47 Å². The molecule has 1 aliphatic heterocycles. The van der Waals surface area contributed by atoms with Crippen LogP contribution in [0.15, 0.2) is 71.6 Å². The van der Waals surface area contributed by atoms with Crippen LogP contribution in [0.4, 0.5) is 0 Å². The zero-order valence-electron chi connectivity index (χ0n) is 13.7. The molecule has 120 valence electrons. The molecule has 4 rings (SSSR count). The first-order valence-electron chi connectivity index (χ1n) is 7.88. The summed E-state index contributed by atoms with van der Waals surface area (Å²) in [4.78, 5) is 1.30. The van der Waals surface area contributed by atoms with Crippen molar-refractivity contribution in [1.29, 1.82) is 0 Å². The van der Waals surface area contributed by atoms with Gasteiger partial charge in [0.15, 0.2) is 0 Å². The second kappa shape index (κ2) is 6.25. The van der Waals surface area contributed by atoms with E-state index in [1.807, 2.05) is 30.0 Å². The summed E-state index contributed by atoms with van der Waals surface area (Å²) >= 11 is 1.90. The molecule has 3 aromatic rings. The van der Waals surface area contributed by atoms with Crippen LogP contribution in [0, 0.1) is 0 Å². The van der Waals surface area contributed by atoms with Crippen molar-refractivity contribution in [3.8, 4) is 22.6 Å². The minimum Gasteiger partial charge on any atom is -0.497 e. The van der Waals surface area contributed by atoms with Gasteiger partial charge in [-0.3, -0.25) is 0 Å². The molecule has 0 radical (unpaired) electrons. The Morgan fingerprint density at radius 3 is 2.21 bits per heavy atom. The average molecular weight is 334 g/mol. The third-order valence-corrected chi connectivity index (χ3v) is 5.76. The topological polar surface area (TPSA) is 18.5 Å². The van der Waals surface area contributed by atoms with Gasteiger partial charge in [0.1, 0.15) is 11.5 Å². The molecule has 2 nitrogen and oxygen atoms in total. The Morgan fingerprint density at radius 1 is 0.750 bits per heavy atom. The smallest absolute Gasteiger partial charge is 0.119 e. The van der Waals surface area contributed by atoms with Gasteiger partial charge in [-0.15, -0.1) is 11.8 Å². The highest BCUT2D eigenvalue weighted by Gasteiger charge is 2.26. The maximum absolute atomic E-state index is 5.44. The lowest BCUT2D eigenvalue weighted by molar-refractivity contribution is 0.414. The highest BCUT2D eigenvalue weighted by atomic mass is 32.2. The Bertz CT molecular complexity index is 871. The molecule has 1 aliphatic rings. The molecule has 0 fully saturated rings. The molecule has 1 heterocycles. The quantitative estimate of drug-likeness (QED) is 0.624. The van der Waals surface area contributed by atoms with Crippen molar-refractivity contribution < 1.29 is 9.47 Å². The van der Waals surface area contributed by atoms with Crippen molar-refractivity contribution in [2.24, 2.45) is 0 Å². The molecule has 0 saturated carbocycles. The van der Waals surface area contributed by atoms with E-state index in [9.17, 15) is 0 Å². The van der Waals surface area contributed by atoms with Crippen molar-refractivity contribution >= 4 is 11.8 Å². The van der Waals surface area contributed by atoms with E-state index in [-0.39, 0.29) is 5.25 Å². The van der Waals surface area contributed by atoms with Crippen LogP contribution in [-0.4, -0.2) is 14.2 Å². The van der Waals surface area contributed by atoms with Crippen molar-refractivity contribution in [1.82, 2.24) is 0 Å². The fourth-order valence-electron chi connectivity index (χ4n) is 3.13. The van der Waals surface area contributed by atoms with Gasteiger partial charge in [0, 0.05) is 4.90 Å². The predicted molar refractivity (Wildman–Crippen MR) is 99.1 cm³/mol. The molecule has 3 heteroatoms. The lowest BCUT2D eigenvalue weighted by atomic mass is 9.93. The maximum Gasteiger partial charge on any atom is 0.119 e. The van der Waals surface area contributed by atoms with Crippen molar-refractivity contribution in [2.75, 3.05) is 14.2 Å². The lowest BCUT2D eigenvalue weighted by Gasteiger charge is -2.28. The fourth-order valence-corrected chi connectivity index (χ4v) is 4.47. The third-order valence-electron chi connectivity index (χ3n) is 4.38. The normalized spacial score (nSPS) is 15.3. The number of ether oxygens (including phenoxy) is 2. The van der Waals surface area contributed by atoms with E-state index in [2.05, 4.69) is 48.5 Å². The molecule has 0 aliphatic carbocycles. The zero-order chi connectivity index (χ0) is 16.5. The largest absolute Gasteiger partial charge is 0.497 e. The van der Waals surface area contributed by atoms with Gasteiger partial charge in [0.2, 0.25) is 0 Å². The van der Waals surface area contributed by atoms with Gasteiger partial charge in [-0.1, -0.05) is 36.4 Å². The number of fused-ring (bicyclic) bond motifs is 3. The summed E-state index contributed by atoms with van der Waals surface area (Å²) in [6.45, 7) is 0. The van der Waals surface area contributed by atoms with Crippen LogP contribution in [0.2, 0.25) is 0 Å². The first-order valence-corrected chi connectivity index (χ1v) is 8.76. The fraction of sp³-hybridized carbons (Fsp3) is 0.143. The van der Waals surface area contributed by atoms with Crippen molar-refractivity contribution in [2.45, 2.75) is 10.1 Å².